The zero-order valence-corrected chi connectivity index (χ0v) is 13.5. The number of carboxylic acids is 1. The highest BCUT2D eigenvalue weighted by Gasteiger charge is 2.26. The minimum absolute atomic E-state index is 0.130. The van der Waals surface area contributed by atoms with Crippen LogP contribution in [0.4, 0.5) is 5.69 Å². The van der Waals surface area contributed by atoms with E-state index in [2.05, 4.69) is 60.4 Å². The van der Waals surface area contributed by atoms with Gasteiger partial charge in [0.15, 0.2) is 0 Å². The summed E-state index contributed by atoms with van der Waals surface area (Å²) in [5, 5.41) is 9.05. The average molecular weight is 309 g/mol. The molecular weight excluding hydrogens is 286 g/mol. The first-order chi connectivity index (χ1) is 11.1. The molecule has 0 radical (unpaired) electrons. The van der Waals surface area contributed by atoms with Crippen molar-refractivity contribution in [3.8, 4) is 0 Å². The Hall–Kier alpha value is -2.29. The summed E-state index contributed by atoms with van der Waals surface area (Å²) in [6.45, 7) is 3.17. The zero-order valence-electron chi connectivity index (χ0n) is 13.5. The lowest BCUT2D eigenvalue weighted by atomic mass is 9.93. The van der Waals surface area contributed by atoms with Crippen molar-refractivity contribution >= 4 is 11.7 Å². The lowest BCUT2D eigenvalue weighted by Gasteiger charge is -2.26. The number of carboxylic acid groups (broad SMARTS) is 1. The molecule has 0 saturated carbocycles. The normalized spacial score (nSPS) is 18.8. The second-order valence-electron chi connectivity index (χ2n) is 6.31. The van der Waals surface area contributed by atoms with Crippen molar-refractivity contribution < 1.29 is 9.90 Å². The summed E-state index contributed by atoms with van der Waals surface area (Å²) in [7, 11) is 0. The van der Waals surface area contributed by atoms with Gasteiger partial charge < -0.3 is 10.0 Å². The summed E-state index contributed by atoms with van der Waals surface area (Å²) in [6, 6.07) is 19.2. The molecule has 0 aliphatic carbocycles. The van der Waals surface area contributed by atoms with E-state index in [1.165, 1.54) is 11.1 Å². The van der Waals surface area contributed by atoms with Crippen LogP contribution in [0.15, 0.2) is 54.6 Å². The molecule has 0 spiro atoms. The molecule has 3 heteroatoms. The Morgan fingerprint density at radius 1 is 1.13 bits per heavy atom. The van der Waals surface area contributed by atoms with Crippen molar-refractivity contribution in [2.75, 3.05) is 11.4 Å². The third-order valence-corrected chi connectivity index (χ3v) is 4.81. The van der Waals surface area contributed by atoms with Crippen LogP contribution in [0.5, 0.6) is 0 Å². The molecule has 2 aromatic rings. The molecule has 0 amide bonds. The topological polar surface area (TPSA) is 40.5 Å². The van der Waals surface area contributed by atoms with E-state index in [-0.39, 0.29) is 12.5 Å². The molecule has 1 heterocycles. The maximum absolute atomic E-state index is 11.0. The average Bonchev–Trinajstić information content (AvgIpc) is 3.02. The van der Waals surface area contributed by atoms with Crippen molar-refractivity contribution in [3.05, 3.63) is 65.7 Å². The Labute approximate surface area is 137 Å². The van der Waals surface area contributed by atoms with Gasteiger partial charge in [0.1, 0.15) is 0 Å². The van der Waals surface area contributed by atoms with Crippen molar-refractivity contribution in [1.82, 2.24) is 0 Å². The zero-order chi connectivity index (χ0) is 16.2. The number of carbonyl (C=O) groups is 1. The predicted molar refractivity (Wildman–Crippen MR) is 93.0 cm³/mol. The number of aliphatic carboxylic acids is 1. The molecule has 2 atom stereocenters. The van der Waals surface area contributed by atoms with Gasteiger partial charge in [0.2, 0.25) is 0 Å². The molecule has 2 unspecified atom stereocenters. The van der Waals surface area contributed by atoms with E-state index in [1.54, 1.807) is 0 Å². The van der Waals surface area contributed by atoms with Gasteiger partial charge in [-0.25, -0.2) is 0 Å². The molecule has 1 N–H and O–H groups in total. The highest BCUT2D eigenvalue weighted by atomic mass is 16.4. The fraction of sp³-hybridized carbons (Fsp3) is 0.350. The van der Waals surface area contributed by atoms with E-state index in [9.17, 15) is 4.79 Å². The SMILES string of the molecule is CC(c1ccccc1)c1ccc(N2CCCC2CC(=O)O)cc1. The van der Waals surface area contributed by atoms with E-state index in [0.717, 1.165) is 25.1 Å². The Kier molecular flexibility index (Phi) is 4.65. The van der Waals surface area contributed by atoms with Crippen LogP contribution in [-0.2, 0) is 4.79 Å². The molecule has 3 nitrogen and oxygen atoms in total. The lowest BCUT2D eigenvalue weighted by Crippen LogP contribution is -2.31. The fourth-order valence-corrected chi connectivity index (χ4v) is 3.48. The van der Waals surface area contributed by atoms with Gasteiger partial charge in [0.25, 0.3) is 0 Å². The van der Waals surface area contributed by atoms with Crippen LogP contribution in [0.1, 0.15) is 43.2 Å². The maximum Gasteiger partial charge on any atom is 0.305 e. The molecular formula is C20H23NO2. The third-order valence-electron chi connectivity index (χ3n) is 4.81. The second kappa shape index (κ2) is 6.86. The van der Waals surface area contributed by atoms with E-state index in [0.29, 0.717) is 5.92 Å². The molecule has 1 aliphatic rings. The number of nitrogens with zero attached hydrogens (tertiary/aromatic N) is 1. The first kappa shape index (κ1) is 15.6. The van der Waals surface area contributed by atoms with E-state index < -0.39 is 5.97 Å². The summed E-state index contributed by atoms with van der Waals surface area (Å²) < 4.78 is 0. The first-order valence-corrected chi connectivity index (χ1v) is 8.28. The number of rotatable bonds is 5. The van der Waals surface area contributed by atoms with Gasteiger partial charge in [0.05, 0.1) is 6.42 Å². The van der Waals surface area contributed by atoms with Gasteiger partial charge in [-0.2, -0.15) is 0 Å². The van der Waals surface area contributed by atoms with Crippen LogP contribution in [0.25, 0.3) is 0 Å². The molecule has 3 rings (SSSR count). The van der Waals surface area contributed by atoms with E-state index >= 15 is 0 Å². The minimum atomic E-state index is -0.712. The fourth-order valence-electron chi connectivity index (χ4n) is 3.48. The summed E-state index contributed by atoms with van der Waals surface area (Å²) in [4.78, 5) is 13.2. The Morgan fingerprint density at radius 3 is 2.43 bits per heavy atom. The molecule has 0 bridgehead atoms. The van der Waals surface area contributed by atoms with Crippen LogP contribution in [0, 0.1) is 0 Å². The van der Waals surface area contributed by atoms with Gasteiger partial charge in [-0.3, -0.25) is 4.79 Å². The van der Waals surface area contributed by atoms with Crippen LogP contribution in [0.2, 0.25) is 0 Å². The number of benzene rings is 2. The quantitative estimate of drug-likeness (QED) is 0.896. The second-order valence-corrected chi connectivity index (χ2v) is 6.31. The highest BCUT2D eigenvalue weighted by molar-refractivity contribution is 5.69. The van der Waals surface area contributed by atoms with Gasteiger partial charge in [-0.05, 0) is 36.1 Å². The Morgan fingerprint density at radius 2 is 1.78 bits per heavy atom. The van der Waals surface area contributed by atoms with Crippen molar-refractivity contribution in [3.63, 3.8) is 0 Å². The highest BCUT2D eigenvalue weighted by Crippen LogP contribution is 2.30. The Bertz CT molecular complexity index is 651. The molecule has 120 valence electrons. The molecule has 1 aliphatic heterocycles. The first-order valence-electron chi connectivity index (χ1n) is 8.28. The van der Waals surface area contributed by atoms with Crippen molar-refractivity contribution in [2.24, 2.45) is 0 Å². The molecule has 0 aromatic heterocycles. The third kappa shape index (κ3) is 3.55. The molecule has 2 aromatic carbocycles. The van der Waals surface area contributed by atoms with E-state index in [1.807, 2.05) is 6.07 Å². The van der Waals surface area contributed by atoms with Crippen LogP contribution >= 0.6 is 0 Å². The van der Waals surface area contributed by atoms with Gasteiger partial charge in [-0.15, -0.1) is 0 Å². The number of hydrogen-bond donors (Lipinski definition) is 1. The summed E-state index contributed by atoms with van der Waals surface area (Å²) in [5.74, 6) is -0.352. The number of hydrogen-bond acceptors (Lipinski definition) is 2. The van der Waals surface area contributed by atoms with Crippen molar-refractivity contribution in [2.45, 2.75) is 38.1 Å². The summed E-state index contributed by atoms with van der Waals surface area (Å²) in [5.41, 5.74) is 3.73. The predicted octanol–water partition coefficient (Wildman–Crippen LogP) is 4.28. The molecule has 23 heavy (non-hydrogen) atoms. The van der Waals surface area contributed by atoms with Crippen molar-refractivity contribution in [1.29, 1.82) is 0 Å². The van der Waals surface area contributed by atoms with Crippen LogP contribution < -0.4 is 4.90 Å². The maximum atomic E-state index is 11.0. The molecule has 1 fully saturated rings. The standard InChI is InChI=1S/C20H23NO2/c1-15(16-6-3-2-4-7-16)17-9-11-18(12-10-17)21-13-5-8-19(21)14-20(22)23/h2-4,6-7,9-12,15,19H,5,8,13-14H2,1H3,(H,22,23). The summed E-state index contributed by atoms with van der Waals surface area (Å²) in [6.07, 6.45) is 2.26. The van der Waals surface area contributed by atoms with E-state index in [4.69, 9.17) is 5.11 Å². The van der Waals surface area contributed by atoms with Crippen LogP contribution in [0.3, 0.4) is 0 Å². The minimum Gasteiger partial charge on any atom is -0.481 e. The largest absolute Gasteiger partial charge is 0.481 e. The van der Waals surface area contributed by atoms with Gasteiger partial charge >= 0.3 is 5.97 Å². The van der Waals surface area contributed by atoms with Crippen LogP contribution in [-0.4, -0.2) is 23.7 Å². The monoisotopic (exact) mass is 309 g/mol. The lowest BCUT2D eigenvalue weighted by molar-refractivity contribution is -0.137. The molecule has 1 saturated heterocycles. The van der Waals surface area contributed by atoms with Gasteiger partial charge in [0, 0.05) is 24.2 Å². The smallest absolute Gasteiger partial charge is 0.305 e. The summed E-state index contributed by atoms with van der Waals surface area (Å²) >= 11 is 0. The van der Waals surface area contributed by atoms with Gasteiger partial charge in [-0.1, -0.05) is 49.4 Å². The number of anilines is 1. The Balaban J connectivity index is 1.75.